The first-order chi connectivity index (χ1) is 8.00. The van der Waals surface area contributed by atoms with Crippen molar-refractivity contribution in [3.8, 4) is 5.88 Å². The molecule has 2 rings (SSSR count). The van der Waals surface area contributed by atoms with Crippen LogP contribution in [0.5, 0.6) is 5.88 Å². The van der Waals surface area contributed by atoms with Crippen LogP contribution < -0.4 is 0 Å². The van der Waals surface area contributed by atoms with E-state index in [1.54, 1.807) is 0 Å². The van der Waals surface area contributed by atoms with E-state index < -0.39 is 48.3 Å². The van der Waals surface area contributed by atoms with E-state index in [1.807, 2.05) is 0 Å². The van der Waals surface area contributed by atoms with E-state index in [0.717, 1.165) is 0 Å². The molecule has 1 saturated carbocycles. The monoisotopic (exact) mass is 143 g/mol. The predicted molar refractivity (Wildman–Crippen MR) is 37.9 cm³/mol. The minimum atomic E-state index is -2.57. The van der Waals surface area contributed by atoms with Crippen molar-refractivity contribution in [1.29, 1.82) is 0 Å². The van der Waals surface area contributed by atoms with Gasteiger partial charge in [-0.15, -0.1) is 0 Å². The second-order valence-corrected chi connectivity index (χ2v) is 1.80. The summed E-state index contributed by atoms with van der Waals surface area (Å²) in [7, 11) is 0. The summed E-state index contributed by atoms with van der Waals surface area (Å²) in [5.74, 6) is -3.32. The first kappa shape index (κ1) is 1.76. The van der Waals surface area contributed by atoms with Crippen LogP contribution in [0.1, 0.15) is 35.2 Å². The van der Waals surface area contributed by atoms with Gasteiger partial charge in [0.25, 0.3) is 0 Å². The Balaban J connectivity index is 2.73. The summed E-state index contributed by atoms with van der Waals surface area (Å²) in [6, 6.07) is -1.49. The van der Waals surface area contributed by atoms with E-state index in [9.17, 15) is 0 Å². The second kappa shape index (κ2) is 1.97. The van der Waals surface area contributed by atoms with Gasteiger partial charge in [-0.2, -0.15) is 0 Å². The molecule has 1 heterocycles. The number of aromatic nitrogens is 1. The lowest BCUT2D eigenvalue weighted by atomic mass is 10.2. The molecule has 1 N–H and O–H groups in total. The van der Waals surface area contributed by atoms with E-state index >= 15 is 0 Å². The van der Waals surface area contributed by atoms with Crippen molar-refractivity contribution in [1.82, 2.24) is 4.98 Å². The van der Waals surface area contributed by atoms with E-state index in [0.29, 0.717) is 0 Å². The van der Waals surface area contributed by atoms with Crippen LogP contribution in [-0.4, -0.2) is 10.1 Å². The van der Waals surface area contributed by atoms with Crippen LogP contribution in [-0.2, 0) is 0 Å². The molecule has 1 aliphatic carbocycles. The Morgan fingerprint density at radius 1 is 1.80 bits per heavy atom. The van der Waals surface area contributed by atoms with Crippen LogP contribution in [0.2, 0.25) is 0 Å². The van der Waals surface area contributed by atoms with Crippen LogP contribution in [0.25, 0.3) is 0 Å². The van der Waals surface area contributed by atoms with Crippen molar-refractivity contribution in [2.24, 2.45) is 0 Å². The van der Waals surface area contributed by atoms with Crippen LogP contribution in [0.15, 0.2) is 18.3 Å². The third-order valence-electron chi connectivity index (χ3n) is 1.07. The highest BCUT2D eigenvalue weighted by Crippen LogP contribution is 2.39. The molecule has 52 valence electrons. The van der Waals surface area contributed by atoms with Crippen molar-refractivity contribution in [3.05, 3.63) is 23.8 Å². The third-order valence-corrected chi connectivity index (χ3v) is 1.07. The fraction of sp³-hybridized carbons (Fsp3) is 0.375. The van der Waals surface area contributed by atoms with Crippen molar-refractivity contribution >= 4 is 0 Å². The summed E-state index contributed by atoms with van der Waals surface area (Å²) in [5, 5.41) is 9.16. The Labute approximate surface area is 70.8 Å². The van der Waals surface area contributed by atoms with Gasteiger partial charge in [-0.1, -0.05) is 6.04 Å². The lowest BCUT2D eigenvalue weighted by Crippen LogP contribution is -1.79. The molecule has 10 heavy (non-hydrogen) atoms. The standard InChI is InChI=1S/C8H9NO/c10-8-4-3-7(5-9-8)6-1-2-6/h3-6H,1-2H2,(H,9,10)/i1D2,2D2,3D,4D,5D,6D. The smallest absolute Gasteiger partial charge is 0.210 e. The molecule has 0 spiro atoms. The predicted octanol–water partition coefficient (Wildman–Crippen LogP) is 1.66. The van der Waals surface area contributed by atoms with Gasteiger partial charge in [0.05, 0.1) is 4.11 Å². The number of pyridine rings is 1. The van der Waals surface area contributed by atoms with Gasteiger partial charge in [0.15, 0.2) is 0 Å². The molecule has 0 aromatic carbocycles. The van der Waals surface area contributed by atoms with Gasteiger partial charge in [-0.3, -0.25) is 0 Å². The molecule has 0 amide bonds. The van der Waals surface area contributed by atoms with Crippen LogP contribution in [0.3, 0.4) is 0 Å². The molecule has 2 heteroatoms. The number of nitrogens with zero attached hydrogens (tertiary/aromatic N) is 1. The lowest BCUT2D eigenvalue weighted by Gasteiger charge is -1.94. The fourth-order valence-electron chi connectivity index (χ4n) is 0.558. The van der Waals surface area contributed by atoms with Gasteiger partial charge in [0.1, 0.15) is 0 Å². The molecule has 0 unspecified atom stereocenters. The highest BCUT2D eigenvalue weighted by molar-refractivity contribution is 5.23. The third kappa shape index (κ3) is 0.967. The Morgan fingerprint density at radius 2 is 2.60 bits per heavy atom. The molecular formula is C8H9NO. The quantitative estimate of drug-likeness (QED) is 0.648. The SMILES string of the molecule is [2H]c1nc(O)c([2H])c([2H])c1C1([2H])C([2H])([2H])C1([2H])[2H]. The largest absolute Gasteiger partial charge is 0.493 e. The lowest BCUT2D eigenvalue weighted by molar-refractivity contribution is 0.453. The highest BCUT2D eigenvalue weighted by Gasteiger charge is 2.23. The summed E-state index contributed by atoms with van der Waals surface area (Å²) in [6.07, 6.45) is -5.90. The molecule has 2 nitrogen and oxygen atoms in total. The summed E-state index contributed by atoms with van der Waals surface area (Å²) < 4.78 is 60.0. The maximum absolute atomic E-state index is 9.16. The van der Waals surface area contributed by atoms with Crippen LogP contribution in [0.4, 0.5) is 0 Å². The number of aromatic hydroxyl groups is 1. The summed E-state index contributed by atoms with van der Waals surface area (Å²) in [5.41, 5.74) is -0.611. The van der Waals surface area contributed by atoms with Crippen LogP contribution in [0, 0.1) is 0 Å². The number of hydrogen-bond acceptors (Lipinski definition) is 2. The Bertz CT molecular complexity index is 528. The average molecular weight is 143 g/mol. The van der Waals surface area contributed by atoms with Gasteiger partial charge < -0.3 is 5.11 Å². The Morgan fingerprint density at radius 3 is 3.30 bits per heavy atom. The maximum Gasteiger partial charge on any atom is 0.210 e. The van der Waals surface area contributed by atoms with Gasteiger partial charge in [0, 0.05) is 19.1 Å². The first-order valence-corrected chi connectivity index (χ1v) is 2.67. The summed E-state index contributed by atoms with van der Waals surface area (Å²) in [6.45, 7) is 0. The maximum atomic E-state index is 9.16. The van der Waals surface area contributed by atoms with Crippen molar-refractivity contribution in [2.45, 2.75) is 18.6 Å². The molecular weight excluding hydrogens is 126 g/mol. The Kier molecular flexibility index (Phi) is 0.346. The zero-order valence-electron chi connectivity index (χ0n) is 12.9. The van der Waals surface area contributed by atoms with Gasteiger partial charge >= 0.3 is 0 Å². The molecule has 0 saturated heterocycles. The van der Waals surface area contributed by atoms with Crippen LogP contribution >= 0.6 is 0 Å². The molecule has 0 radical (unpaired) electrons. The normalized spacial score (nSPS) is 42.0. The Hall–Kier alpha value is -1.05. The first-order valence-electron chi connectivity index (χ1n) is 6.67. The number of rotatable bonds is 1. The van der Waals surface area contributed by atoms with Crippen molar-refractivity contribution in [3.63, 3.8) is 0 Å². The van der Waals surface area contributed by atoms with E-state index in [2.05, 4.69) is 4.98 Å². The van der Waals surface area contributed by atoms with Gasteiger partial charge in [-0.25, -0.2) is 4.98 Å². The average Bonchev–Trinajstić information content (AvgIpc) is 2.54. The molecule has 1 fully saturated rings. The molecule has 0 bridgehead atoms. The van der Waals surface area contributed by atoms with Gasteiger partial charge in [-0.05, 0) is 24.2 Å². The van der Waals surface area contributed by atoms with Crippen molar-refractivity contribution < 1.29 is 16.1 Å². The topological polar surface area (TPSA) is 33.1 Å². The number of hydrogen-bond donors (Lipinski definition) is 1. The summed E-state index contributed by atoms with van der Waals surface area (Å²) >= 11 is 0. The molecule has 0 atom stereocenters. The minimum Gasteiger partial charge on any atom is -0.493 e. The van der Waals surface area contributed by atoms with Gasteiger partial charge in [0.2, 0.25) is 5.88 Å². The van der Waals surface area contributed by atoms with E-state index in [-0.39, 0.29) is 0 Å². The van der Waals surface area contributed by atoms with E-state index in [1.165, 1.54) is 0 Å². The second-order valence-electron chi connectivity index (χ2n) is 1.80. The van der Waals surface area contributed by atoms with Crippen molar-refractivity contribution in [2.75, 3.05) is 0 Å². The molecule has 1 aliphatic rings. The fourth-order valence-corrected chi connectivity index (χ4v) is 0.558. The van der Waals surface area contributed by atoms with E-state index in [4.69, 9.17) is 16.1 Å². The summed E-state index contributed by atoms with van der Waals surface area (Å²) in [4.78, 5) is 3.23. The molecule has 1 aromatic rings. The molecule has 1 aromatic heterocycles. The minimum absolute atomic E-state index is 0.611. The molecule has 0 aliphatic heterocycles. The zero-order valence-corrected chi connectivity index (χ0v) is 4.89. The zero-order chi connectivity index (χ0) is 14.1. The highest BCUT2D eigenvalue weighted by atomic mass is 16.3.